The quantitative estimate of drug-likeness (QED) is 0.168. The number of alkyl halides is 6. The predicted octanol–water partition coefficient (Wildman–Crippen LogP) is 7.53. The largest absolute Gasteiger partial charge is 0.489 e. The standard InChI is InChI=1S/2C21H24F3N5O2/c2*1-11-18-19(29(3)12(2)20(30)28-18)27-17(26-11)9-13-4-5-14(8-13)31-15-6-7-16(25-10-15)21(22,23)24/h2*6-7,10,12-14H,4-5,8-9H2,1-3H3,(H,28,30)/t2*12-,13+,14+/m10/s1. The Morgan fingerprint density at radius 3 is 1.35 bits per heavy atom. The number of amides is 2. The van der Waals surface area contributed by atoms with Crippen LogP contribution in [0.15, 0.2) is 36.7 Å². The molecule has 2 N–H and O–H groups in total. The molecule has 4 aromatic rings. The summed E-state index contributed by atoms with van der Waals surface area (Å²) >= 11 is 0. The predicted molar refractivity (Wildman–Crippen MR) is 216 cm³/mol. The number of ether oxygens (including phenoxy) is 2. The fraction of sp³-hybridized carbons (Fsp3) is 0.524. The van der Waals surface area contributed by atoms with Crippen LogP contribution in [0.2, 0.25) is 0 Å². The molecule has 14 nitrogen and oxygen atoms in total. The Balaban J connectivity index is 0.000000186. The summed E-state index contributed by atoms with van der Waals surface area (Å²) in [5.74, 6) is 4.01. The van der Waals surface area contributed by atoms with Crippen molar-refractivity contribution in [3.63, 3.8) is 0 Å². The molecule has 4 aromatic heterocycles. The van der Waals surface area contributed by atoms with Gasteiger partial charge in [0.05, 0.1) is 36.0 Å². The van der Waals surface area contributed by atoms with Gasteiger partial charge in [0.1, 0.15) is 58.0 Å². The van der Waals surface area contributed by atoms with E-state index in [-0.39, 0.29) is 36.1 Å². The molecule has 0 saturated heterocycles. The Hall–Kier alpha value is -5.82. The topological polar surface area (TPSA) is 160 Å². The molecule has 2 aliphatic carbocycles. The first-order chi connectivity index (χ1) is 29.2. The van der Waals surface area contributed by atoms with Crippen LogP contribution in [0.4, 0.5) is 49.4 Å². The molecule has 2 fully saturated rings. The lowest BCUT2D eigenvalue weighted by Gasteiger charge is -2.32. The van der Waals surface area contributed by atoms with E-state index >= 15 is 0 Å². The number of nitrogens with one attached hydrogen (secondary N) is 2. The number of aryl methyl sites for hydroxylation is 2. The number of hydrogen-bond donors (Lipinski definition) is 2. The van der Waals surface area contributed by atoms with E-state index in [0.717, 1.165) is 86.1 Å². The van der Waals surface area contributed by atoms with Crippen LogP contribution >= 0.6 is 0 Å². The van der Waals surface area contributed by atoms with Gasteiger partial charge in [-0.25, -0.2) is 29.9 Å². The highest BCUT2D eigenvalue weighted by atomic mass is 19.4. The van der Waals surface area contributed by atoms with Gasteiger partial charge in [-0.05, 0) is 102 Å². The number of carbonyl (C=O) groups excluding carboxylic acids is 2. The second kappa shape index (κ2) is 17.5. The fourth-order valence-corrected chi connectivity index (χ4v) is 8.17. The number of pyridine rings is 2. The summed E-state index contributed by atoms with van der Waals surface area (Å²) in [4.78, 5) is 53.2. The van der Waals surface area contributed by atoms with Crippen molar-refractivity contribution in [2.45, 2.75) is 116 Å². The lowest BCUT2D eigenvalue weighted by molar-refractivity contribution is -0.142. The van der Waals surface area contributed by atoms with Gasteiger partial charge in [0.15, 0.2) is 11.6 Å². The number of aromatic nitrogens is 6. The van der Waals surface area contributed by atoms with Crippen LogP contribution in [0, 0.1) is 25.7 Å². The molecule has 332 valence electrons. The van der Waals surface area contributed by atoms with Gasteiger partial charge in [0, 0.05) is 26.9 Å². The van der Waals surface area contributed by atoms with Crippen molar-refractivity contribution in [1.29, 1.82) is 0 Å². The van der Waals surface area contributed by atoms with E-state index in [1.165, 1.54) is 12.1 Å². The molecule has 8 rings (SSSR count). The Morgan fingerprint density at radius 2 is 1.02 bits per heavy atom. The molecule has 20 heteroatoms. The highest BCUT2D eigenvalue weighted by Crippen LogP contribution is 2.37. The number of nitrogens with zero attached hydrogens (tertiary/aromatic N) is 8. The monoisotopic (exact) mass is 870 g/mol. The van der Waals surface area contributed by atoms with Crippen LogP contribution in [0.5, 0.6) is 11.5 Å². The van der Waals surface area contributed by atoms with Crippen molar-refractivity contribution in [3.8, 4) is 11.5 Å². The Morgan fingerprint density at radius 1 is 0.629 bits per heavy atom. The lowest BCUT2D eigenvalue weighted by Crippen LogP contribution is -2.45. The molecule has 0 aromatic carbocycles. The van der Waals surface area contributed by atoms with E-state index in [9.17, 15) is 35.9 Å². The third-order valence-electron chi connectivity index (χ3n) is 11.9. The second-order valence-electron chi connectivity index (χ2n) is 16.4. The number of rotatable bonds is 8. The molecule has 2 amide bonds. The zero-order chi connectivity index (χ0) is 44.7. The van der Waals surface area contributed by atoms with Gasteiger partial charge < -0.3 is 29.9 Å². The van der Waals surface area contributed by atoms with Crippen molar-refractivity contribution in [2.24, 2.45) is 11.8 Å². The first-order valence-electron chi connectivity index (χ1n) is 20.5. The van der Waals surface area contributed by atoms with Gasteiger partial charge in [0.25, 0.3) is 0 Å². The Labute approximate surface area is 354 Å². The van der Waals surface area contributed by atoms with Crippen molar-refractivity contribution in [3.05, 3.63) is 71.1 Å². The van der Waals surface area contributed by atoms with Gasteiger partial charge in [-0.1, -0.05) is 0 Å². The van der Waals surface area contributed by atoms with Gasteiger partial charge in [-0.15, -0.1) is 0 Å². The maximum Gasteiger partial charge on any atom is 0.433 e. The van der Waals surface area contributed by atoms with Crippen LogP contribution < -0.4 is 29.9 Å². The average molecular weight is 871 g/mol. The Kier molecular flexibility index (Phi) is 12.5. The maximum atomic E-state index is 12.6. The summed E-state index contributed by atoms with van der Waals surface area (Å²) in [5.41, 5.74) is 0.898. The molecule has 0 unspecified atom stereocenters. The number of carbonyl (C=O) groups is 2. The minimum absolute atomic E-state index is 0.0794. The summed E-state index contributed by atoms with van der Waals surface area (Å²) in [7, 11) is 3.69. The normalized spacial score (nSPS) is 23.5. The summed E-state index contributed by atoms with van der Waals surface area (Å²) in [5, 5.41) is 5.75. The first kappa shape index (κ1) is 44.2. The van der Waals surface area contributed by atoms with E-state index in [4.69, 9.17) is 9.47 Å². The fourth-order valence-electron chi connectivity index (χ4n) is 8.17. The van der Waals surface area contributed by atoms with E-state index in [1.807, 2.05) is 51.6 Å². The molecule has 0 spiro atoms. The highest BCUT2D eigenvalue weighted by Gasteiger charge is 2.36. The molecular weight excluding hydrogens is 823 g/mol. The smallest absolute Gasteiger partial charge is 0.433 e. The number of likely N-dealkylation sites (N-methyl/N-ethyl adjacent to an activating group) is 2. The van der Waals surface area contributed by atoms with E-state index in [0.29, 0.717) is 59.2 Å². The second-order valence-corrected chi connectivity index (χ2v) is 16.4. The molecule has 2 saturated carbocycles. The van der Waals surface area contributed by atoms with Crippen molar-refractivity contribution >= 4 is 34.8 Å². The number of hydrogen-bond acceptors (Lipinski definition) is 12. The van der Waals surface area contributed by atoms with Gasteiger partial charge in [0.2, 0.25) is 11.8 Å². The van der Waals surface area contributed by atoms with Crippen LogP contribution in [0.3, 0.4) is 0 Å². The van der Waals surface area contributed by atoms with Crippen LogP contribution in [0.1, 0.15) is 86.8 Å². The van der Waals surface area contributed by atoms with Crippen LogP contribution in [0.25, 0.3) is 0 Å². The molecule has 4 aliphatic rings. The third-order valence-corrected chi connectivity index (χ3v) is 11.9. The number of fused-ring (bicyclic) bond motifs is 2. The average Bonchev–Trinajstić information content (AvgIpc) is 3.85. The first-order valence-corrected chi connectivity index (χ1v) is 20.5. The lowest BCUT2D eigenvalue weighted by atomic mass is 10.0. The number of anilines is 4. The van der Waals surface area contributed by atoms with Gasteiger partial charge in [-0.3, -0.25) is 9.59 Å². The molecule has 0 bridgehead atoms. The van der Waals surface area contributed by atoms with Crippen molar-refractivity contribution < 1.29 is 45.4 Å². The molecule has 6 heterocycles. The van der Waals surface area contributed by atoms with Crippen LogP contribution in [-0.2, 0) is 34.8 Å². The number of halogens is 6. The van der Waals surface area contributed by atoms with Crippen LogP contribution in [-0.4, -0.2) is 80.1 Å². The maximum absolute atomic E-state index is 12.6. The summed E-state index contributed by atoms with van der Waals surface area (Å²) in [6.07, 6.45) is -0.495. The highest BCUT2D eigenvalue weighted by molar-refractivity contribution is 6.03. The SMILES string of the molecule is Cc1nc(C[C@@H]2CC[C@@H](Oc3ccc(C(F)(F)F)nc3)C2)nc2c1NC(=O)[C@H](C)N2C.Cc1nc(C[C@H]2CC[C@H](Oc3ccc(C(F)(F)F)nc3)C2)nc2c1NC(=O)[C@@H](C)N2C. The van der Waals surface area contributed by atoms with E-state index in [1.54, 1.807) is 0 Å². The molecular formula is C42H48F6N10O4. The third kappa shape index (κ3) is 9.94. The van der Waals surface area contributed by atoms with Gasteiger partial charge >= 0.3 is 12.4 Å². The molecule has 62 heavy (non-hydrogen) atoms. The van der Waals surface area contributed by atoms with E-state index in [2.05, 4.69) is 40.5 Å². The minimum Gasteiger partial charge on any atom is -0.489 e. The molecule has 2 aliphatic heterocycles. The molecule has 0 radical (unpaired) electrons. The summed E-state index contributed by atoms with van der Waals surface area (Å²) in [6, 6.07) is 3.87. The minimum atomic E-state index is -4.46. The van der Waals surface area contributed by atoms with E-state index < -0.39 is 23.7 Å². The van der Waals surface area contributed by atoms with Crippen molar-refractivity contribution in [1.82, 2.24) is 29.9 Å². The summed E-state index contributed by atoms with van der Waals surface area (Å²) < 4.78 is 87.5. The Bertz CT molecular complexity index is 2120. The zero-order valence-corrected chi connectivity index (χ0v) is 35.1. The molecule has 6 atom stereocenters. The van der Waals surface area contributed by atoms with Crippen molar-refractivity contribution in [2.75, 3.05) is 34.5 Å². The summed E-state index contributed by atoms with van der Waals surface area (Å²) in [6.45, 7) is 7.35. The van der Waals surface area contributed by atoms with Gasteiger partial charge in [-0.2, -0.15) is 26.3 Å². The zero-order valence-electron chi connectivity index (χ0n) is 35.1.